The van der Waals surface area contributed by atoms with Gasteiger partial charge in [0.15, 0.2) is 5.65 Å². The van der Waals surface area contributed by atoms with Crippen LogP contribution >= 0.6 is 0 Å². The molecule has 2 heterocycles. The van der Waals surface area contributed by atoms with Crippen molar-refractivity contribution >= 4 is 28.5 Å². The number of rotatable bonds is 4. The van der Waals surface area contributed by atoms with Crippen LogP contribution in [0.3, 0.4) is 0 Å². The fourth-order valence-electron chi connectivity index (χ4n) is 3.12. The second-order valence-corrected chi connectivity index (χ2v) is 6.40. The molecule has 8 heteroatoms. The van der Waals surface area contributed by atoms with Crippen LogP contribution in [0, 0.1) is 0 Å². The molecule has 0 bridgehead atoms. The zero-order valence-corrected chi connectivity index (χ0v) is 15.4. The van der Waals surface area contributed by atoms with Gasteiger partial charge in [0, 0.05) is 18.9 Å². The predicted molar refractivity (Wildman–Crippen MR) is 108 cm³/mol. The molecule has 0 spiro atoms. The number of carboxylic acid groups (broad SMARTS) is 1. The van der Waals surface area contributed by atoms with Gasteiger partial charge in [0.25, 0.3) is 0 Å². The van der Waals surface area contributed by atoms with Gasteiger partial charge in [-0.05, 0) is 47.5 Å². The lowest BCUT2D eigenvalue weighted by molar-refractivity contribution is 0.0697. The first kappa shape index (κ1) is 18.2. The minimum absolute atomic E-state index is 0.122. The molecule has 29 heavy (non-hydrogen) atoms. The van der Waals surface area contributed by atoms with Crippen molar-refractivity contribution in [3.63, 3.8) is 0 Å². The molecule has 2 aromatic heterocycles. The summed E-state index contributed by atoms with van der Waals surface area (Å²) in [5.74, 6) is -0.614. The van der Waals surface area contributed by atoms with Crippen molar-refractivity contribution < 1.29 is 15.1 Å². The molecule has 4 rings (SSSR count). The van der Waals surface area contributed by atoms with E-state index in [1.54, 1.807) is 42.3 Å². The van der Waals surface area contributed by atoms with Gasteiger partial charge in [-0.1, -0.05) is 24.3 Å². The minimum Gasteiger partial charge on any atom is -0.478 e. The summed E-state index contributed by atoms with van der Waals surface area (Å²) in [6, 6.07) is 17.5. The molecule has 0 radical (unpaired) electrons. The largest absolute Gasteiger partial charge is 0.478 e. The van der Waals surface area contributed by atoms with E-state index >= 15 is 0 Å². The van der Waals surface area contributed by atoms with Crippen LogP contribution < -0.4 is 10.6 Å². The van der Waals surface area contributed by atoms with E-state index in [4.69, 9.17) is 5.11 Å². The molecule has 0 saturated carbocycles. The molecule has 0 saturated heterocycles. The highest BCUT2D eigenvalue weighted by molar-refractivity contribution is 5.90. The van der Waals surface area contributed by atoms with Crippen LogP contribution in [0.2, 0.25) is 0 Å². The van der Waals surface area contributed by atoms with E-state index in [-0.39, 0.29) is 11.2 Å². The lowest BCUT2D eigenvalue weighted by Gasteiger charge is -2.20. The predicted octanol–water partition coefficient (Wildman–Crippen LogP) is 3.16. The van der Waals surface area contributed by atoms with Crippen LogP contribution in [-0.4, -0.2) is 38.0 Å². The maximum absolute atomic E-state index is 12.0. The maximum atomic E-state index is 12.0. The number of hydrogen-bond acceptors (Lipinski definition) is 6. The third kappa shape index (κ3) is 3.27. The van der Waals surface area contributed by atoms with Crippen molar-refractivity contribution in [2.24, 2.45) is 0 Å². The van der Waals surface area contributed by atoms with Gasteiger partial charge in [0.05, 0.1) is 10.9 Å². The molecule has 2 N–H and O–H groups in total. The summed E-state index contributed by atoms with van der Waals surface area (Å²) in [4.78, 5) is 32.9. The summed E-state index contributed by atoms with van der Waals surface area (Å²) in [6.07, 6.45) is 1.48. The van der Waals surface area contributed by atoms with Gasteiger partial charge in [0.2, 0.25) is 0 Å². The Hall–Kier alpha value is -4.20. The maximum Gasteiger partial charge on any atom is 0.384 e. The average molecular weight is 388 g/mol. The monoisotopic (exact) mass is 388 g/mol. The van der Waals surface area contributed by atoms with E-state index in [1.807, 2.05) is 30.3 Å². The van der Waals surface area contributed by atoms with Crippen molar-refractivity contribution in [1.29, 1.82) is 0 Å². The summed E-state index contributed by atoms with van der Waals surface area (Å²) in [5, 5.41) is 19.6. The van der Waals surface area contributed by atoms with Gasteiger partial charge < -0.3 is 15.2 Å². The van der Waals surface area contributed by atoms with Crippen molar-refractivity contribution in [2.45, 2.75) is 0 Å². The van der Waals surface area contributed by atoms with E-state index < -0.39 is 11.7 Å². The number of carboxylic acids is 1. The van der Waals surface area contributed by atoms with Crippen molar-refractivity contribution in [3.8, 4) is 11.1 Å². The molecule has 2 aromatic carbocycles. The lowest BCUT2D eigenvalue weighted by Crippen LogP contribution is -2.25. The van der Waals surface area contributed by atoms with E-state index in [9.17, 15) is 14.8 Å². The molecular formula is C21H16N4O4. The molecule has 0 unspecified atom stereocenters. The molecule has 0 aliphatic heterocycles. The molecule has 0 atom stereocenters. The number of aromatic nitrogens is 3. The van der Waals surface area contributed by atoms with Gasteiger partial charge in [-0.25, -0.2) is 14.6 Å². The molecule has 8 nitrogen and oxygen atoms in total. The van der Waals surface area contributed by atoms with Crippen molar-refractivity contribution in [2.75, 3.05) is 11.9 Å². The summed E-state index contributed by atoms with van der Waals surface area (Å²) in [5.41, 5.74) is 1.93. The Morgan fingerprint density at radius 1 is 1.03 bits per heavy atom. The van der Waals surface area contributed by atoms with Crippen LogP contribution in [0.4, 0.5) is 11.5 Å². The Balaban J connectivity index is 1.73. The molecular weight excluding hydrogens is 372 g/mol. The summed E-state index contributed by atoms with van der Waals surface area (Å²) < 4.78 is 0.422. The molecule has 0 aliphatic rings. The lowest BCUT2D eigenvalue weighted by atomic mass is 10.0. The number of hydrogen-bond donors (Lipinski definition) is 2. The normalized spacial score (nSPS) is 10.8. The summed E-state index contributed by atoms with van der Waals surface area (Å²) >= 11 is 0. The highest BCUT2D eigenvalue weighted by atomic mass is 16.5. The van der Waals surface area contributed by atoms with Crippen LogP contribution in [-0.2, 0) is 0 Å². The Morgan fingerprint density at radius 3 is 2.52 bits per heavy atom. The first-order chi connectivity index (χ1) is 14.0. The van der Waals surface area contributed by atoms with E-state index in [0.717, 1.165) is 16.8 Å². The first-order valence-corrected chi connectivity index (χ1v) is 8.70. The molecule has 0 aliphatic carbocycles. The van der Waals surface area contributed by atoms with Crippen LogP contribution in [0.25, 0.3) is 22.2 Å². The molecule has 0 amide bonds. The zero-order valence-electron chi connectivity index (χ0n) is 15.4. The van der Waals surface area contributed by atoms with E-state index in [1.165, 1.54) is 6.20 Å². The van der Waals surface area contributed by atoms with Gasteiger partial charge in [0.1, 0.15) is 5.82 Å². The topological polar surface area (TPSA) is 109 Å². The zero-order chi connectivity index (χ0) is 20.5. The quantitative estimate of drug-likeness (QED) is 0.517. The van der Waals surface area contributed by atoms with E-state index in [2.05, 4.69) is 9.97 Å². The molecule has 4 aromatic rings. The van der Waals surface area contributed by atoms with Crippen molar-refractivity contribution in [3.05, 3.63) is 82.9 Å². The number of nitrogens with zero attached hydrogens (tertiary/aromatic N) is 4. The number of pyridine rings is 1. The Kier molecular flexibility index (Phi) is 4.44. The number of aromatic carboxylic acids is 1. The Morgan fingerprint density at radius 2 is 1.79 bits per heavy atom. The second-order valence-electron chi connectivity index (χ2n) is 6.40. The van der Waals surface area contributed by atoms with Crippen molar-refractivity contribution in [1.82, 2.24) is 14.7 Å². The van der Waals surface area contributed by atoms with Crippen LogP contribution in [0.15, 0.2) is 71.7 Å². The Labute approximate surface area is 164 Å². The second kappa shape index (κ2) is 7.08. The number of fused-ring (bicyclic) bond motifs is 1. The smallest absolute Gasteiger partial charge is 0.384 e. The number of anilines is 2. The average Bonchev–Trinajstić information content (AvgIpc) is 2.76. The fraction of sp³-hybridized carbons (Fsp3) is 0.0476. The number of carbonyl (C=O) groups is 1. The molecule has 144 valence electrons. The summed E-state index contributed by atoms with van der Waals surface area (Å²) in [6.45, 7) is 0. The molecule has 0 fully saturated rings. The van der Waals surface area contributed by atoms with Gasteiger partial charge >= 0.3 is 11.7 Å². The summed E-state index contributed by atoms with van der Waals surface area (Å²) in [7, 11) is 1.76. The number of benzene rings is 2. The SMILES string of the molecule is CN(c1ccc(-c2cccc(C(=O)O)c2)cc1)c1nc(=O)n(O)c2ncccc12. The highest BCUT2D eigenvalue weighted by Gasteiger charge is 2.15. The first-order valence-electron chi connectivity index (χ1n) is 8.70. The third-order valence-electron chi connectivity index (χ3n) is 4.63. The van der Waals surface area contributed by atoms with Crippen LogP contribution in [0.5, 0.6) is 0 Å². The Bertz CT molecular complexity index is 1280. The highest BCUT2D eigenvalue weighted by Crippen LogP contribution is 2.29. The third-order valence-corrected chi connectivity index (χ3v) is 4.63. The van der Waals surface area contributed by atoms with Gasteiger partial charge in [-0.3, -0.25) is 0 Å². The minimum atomic E-state index is -0.978. The fourth-order valence-corrected chi connectivity index (χ4v) is 3.12. The van der Waals surface area contributed by atoms with E-state index in [0.29, 0.717) is 15.9 Å². The standard InChI is InChI=1S/C21H16N4O4/c1-24(19-17-6-3-11-22-18(17)25(29)21(28)23-19)16-9-7-13(8-10-16)14-4-2-5-15(12-14)20(26)27/h2-12,29H,1H3,(H,26,27). The van der Waals surface area contributed by atoms with Gasteiger partial charge in [-0.2, -0.15) is 4.98 Å². The van der Waals surface area contributed by atoms with Crippen LogP contribution in [0.1, 0.15) is 10.4 Å². The van der Waals surface area contributed by atoms with Gasteiger partial charge in [-0.15, -0.1) is 4.73 Å².